The standard InChI is InChI=1S/C26H32N6OS/c1-19-16-22(20(2)32(19)18-21-6-5-8-27-17-21)25-24(23-7-3-4-9-28-23)29-26(34)31(25)11-10-30-12-14-33-15-13-30/h3-9,16-17,24-25H,10-15,18H2,1-2H3,(H,29,34)/t24-,25+/m0/s1. The van der Waals surface area contributed by atoms with Crippen LogP contribution in [0.3, 0.4) is 0 Å². The van der Waals surface area contributed by atoms with E-state index in [9.17, 15) is 0 Å². The van der Waals surface area contributed by atoms with Gasteiger partial charge in [-0.25, -0.2) is 0 Å². The zero-order chi connectivity index (χ0) is 23.5. The minimum absolute atomic E-state index is 0.00531. The summed E-state index contributed by atoms with van der Waals surface area (Å²) >= 11 is 5.88. The van der Waals surface area contributed by atoms with Crippen LogP contribution in [0.2, 0.25) is 0 Å². The molecule has 0 aliphatic carbocycles. The van der Waals surface area contributed by atoms with Gasteiger partial charge in [-0.1, -0.05) is 12.1 Å². The van der Waals surface area contributed by atoms with Crippen LogP contribution in [0.4, 0.5) is 0 Å². The first-order chi connectivity index (χ1) is 16.6. The number of pyridine rings is 2. The quantitative estimate of drug-likeness (QED) is 0.526. The number of thiocarbonyl (C=S) groups is 1. The molecule has 2 aliphatic rings. The smallest absolute Gasteiger partial charge is 0.170 e. The number of aryl methyl sites for hydroxylation is 1. The van der Waals surface area contributed by atoms with Gasteiger partial charge in [-0.2, -0.15) is 0 Å². The molecule has 0 aromatic carbocycles. The molecule has 3 aromatic heterocycles. The number of hydrogen-bond acceptors (Lipinski definition) is 5. The summed E-state index contributed by atoms with van der Waals surface area (Å²) < 4.78 is 7.91. The SMILES string of the molecule is Cc1cc([C@@H]2[C@H](c3ccccn3)NC(=S)N2CCN2CCOCC2)c(C)n1Cc1cccnc1. The monoisotopic (exact) mass is 476 g/mol. The van der Waals surface area contributed by atoms with Gasteiger partial charge in [-0.15, -0.1) is 0 Å². The Hall–Kier alpha value is -2.81. The summed E-state index contributed by atoms with van der Waals surface area (Å²) in [6.07, 6.45) is 5.62. The van der Waals surface area contributed by atoms with Gasteiger partial charge in [0.1, 0.15) is 0 Å². The highest BCUT2D eigenvalue weighted by atomic mass is 32.1. The molecule has 2 fully saturated rings. The zero-order valence-corrected chi connectivity index (χ0v) is 20.7. The Labute approximate surface area is 206 Å². The second-order valence-corrected chi connectivity index (χ2v) is 9.43. The number of nitrogens with zero attached hydrogens (tertiary/aromatic N) is 5. The van der Waals surface area contributed by atoms with Gasteiger partial charge in [0, 0.05) is 62.7 Å². The molecule has 1 N–H and O–H groups in total. The molecule has 2 saturated heterocycles. The maximum Gasteiger partial charge on any atom is 0.170 e. The number of rotatable bonds is 7. The number of morpholine rings is 1. The second kappa shape index (κ2) is 10.2. The maximum absolute atomic E-state index is 5.88. The summed E-state index contributed by atoms with van der Waals surface area (Å²) in [4.78, 5) is 13.8. The average molecular weight is 477 g/mol. The topological polar surface area (TPSA) is 58.5 Å². The first-order valence-corrected chi connectivity index (χ1v) is 12.4. The van der Waals surface area contributed by atoms with E-state index in [1.807, 2.05) is 36.8 Å². The summed E-state index contributed by atoms with van der Waals surface area (Å²) in [7, 11) is 0. The highest BCUT2D eigenvalue weighted by molar-refractivity contribution is 7.80. The lowest BCUT2D eigenvalue weighted by Crippen LogP contribution is -2.42. The van der Waals surface area contributed by atoms with Crippen LogP contribution in [0, 0.1) is 13.8 Å². The van der Waals surface area contributed by atoms with E-state index in [4.69, 9.17) is 21.9 Å². The van der Waals surface area contributed by atoms with Crippen molar-refractivity contribution in [3.05, 3.63) is 83.2 Å². The van der Waals surface area contributed by atoms with Crippen LogP contribution in [0.25, 0.3) is 0 Å². The molecule has 0 saturated carbocycles. The molecule has 178 valence electrons. The molecule has 34 heavy (non-hydrogen) atoms. The number of hydrogen-bond donors (Lipinski definition) is 1. The summed E-state index contributed by atoms with van der Waals surface area (Å²) in [6.45, 7) is 10.6. The van der Waals surface area contributed by atoms with Crippen LogP contribution < -0.4 is 5.32 Å². The number of ether oxygens (including phenoxy) is 1. The largest absolute Gasteiger partial charge is 0.379 e. The van der Waals surface area contributed by atoms with E-state index in [0.717, 1.165) is 56.7 Å². The van der Waals surface area contributed by atoms with Crippen LogP contribution in [-0.2, 0) is 11.3 Å². The fraction of sp³-hybridized carbons (Fsp3) is 0.423. The Morgan fingerprint density at radius 1 is 1.09 bits per heavy atom. The van der Waals surface area contributed by atoms with Gasteiger partial charge in [0.05, 0.1) is 31.0 Å². The van der Waals surface area contributed by atoms with Crippen molar-refractivity contribution in [2.75, 3.05) is 39.4 Å². The number of nitrogens with one attached hydrogen (secondary N) is 1. The zero-order valence-electron chi connectivity index (χ0n) is 19.9. The lowest BCUT2D eigenvalue weighted by molar-refractivity contribution is 0.0350. The average Bonchev–Trinajstić information content (AvgIpc) is 3.35. The predicted molar refractivity (Wildman–Crippen MR) is 137 cm³/mol. The van der Waals surface area contributed by atoms with Crippen LogP contribution >= 0.6 is 12.2 Å². The van der Waals surface area contributed by atoms with Crippen LogP contribution in [0.5, 0.6) is 0 Å². The molecular weight excluding hydrogens is 444 g/mol. The van der Waals surface area contributed by atoms with E-state index in [2.05, 4.69) is 56.7 Å². The molecule has 0 spiro atoms. The molecule has 0 unspecified atom stereocenters. The third kappa shape index (κ3) is 4.71. The lowest BCUT2D eigenvalue weighted by atomic mass is 9.96. The molecule has 5 rings (SSSR count). The predicted octanol–water partition coefficient (Wildman–Crippen LogP) is 3.25. The lowest BCUT2D eigenvalue weighted by Gasteiger charge is -2.32. The molecule has 8 heteroatoms. The van der Waals surface area contributed by atoms with Crippen molar-refractivity contribution in [3.63, 3.8) is 0 Å². The van der Waals surface area contributed by atoms with Gasteiger partial charge in [0.25, 0.3) is 0 Å². The van der Waals surface area contributed by atoms with Crippen molar-refractivity contribution in [2.24, 2.45) is 0 Å². The molecule has 2 atom stereocenters. The van der Waals surface area contributed by atoms with Crippen molar-refractivity contribution < 1.29 is 4.74 Å². The van der Waals surface area contributed by atoms with Gasteiger partial charge >= 0.3 is 0 Å². The second-order valence-electron chi connectivity index (χ2n) is 9.05. The summed E-state index contributed by atoms with van der Waals surface area (Å²) in [5, 5.41) is 4.39. The molecule has 2 aliphatic heterocycles. The van der Waals surface area contributed by atoms with Crippen molar-refractivity contribution in [2.45, 2.75) is 32.5 Å². The van der Waals surface area contributed by atoms with E-state index >= 15 is 0 Å². The Morgan fingerprint density at radius 3 is 2.68 bits per heavy atom. The van der Waals surface area contributed by atoms with Crippen molar-refractivity contribution in [1.82, 2.24) is 29.7 Å². The molecule has 7 nitrogen and oxygen atoms in total. The first-order valence-electron chi connectivity index (χ1n) is 12.0. The van der Waals surface area contributed by atoms with Gasteiger partial charge in [-0.3, -0.25) is 14.9 Å². The fourth-order valence-electron chi connectivity index (χ4n) is 5.10. The van der Waals surface area contributed by atoms with E-state index in [0.29, 0.717) is 0 Å². The Kier molecular flexibility index (Phi) is 6.89. The van der Waals surface area contributed by atoms with E-state index in [1.54, 1.807) is 0 Å². The molecule has 0 bridgehead atoms. The first kappa shape index (κ1) is 23.0. The van der Waals surface area contributed by atoms with E-state index in [1.165, 1.54) is 22.5 Å². The number of aromatic nitrogens is 3. The molecule has 3 aromatic rings. The van der Waals surface area contributed by atoms with Gasteiger partial charge < -0.3 is 19.5 Å². The van der Waals surface area contributed by atoms with Crippen LogP contribution in [-0.4, -0.2) is 68.8 Å². The van der Waals surface area contributed by atoms with Crippen molar-refractivity contribution in [3.8, 4) is 0 Å². The van der Waals surface area contributed by atoms with Crippen LogP contribution in [0.1, 0.15) is 40.3 Å². The maximum atomic E-state index is 5.88. The minimum Gasteiger partial charge on any atom is -0.379 e. The highest BCUT2D eigenvalue weighted by Gasteiger charge is 2.41. The van der Waals surface area contributed by atoms with Gasteiger partial charge in [0.2, 0.25) is 0 Å². The summed E-state index contributed by atoms with van der Waals surface area (Å²) in [5.74, 6) is 0. The van der Waals surface area contributed by atoms with Crippen molar-refractivity contribution >= 4 is 17.3 Å². The van der Waals surface area contributed by atoms with Gasteiger partial charge in [-0.05, 0) is 61.5 Å². The minimum atomic E-state index is 0.00531. The Morgan fingerprint density at radius 2 is 1.94 bits per heavy atom. The van der Waals surface area contributed by atoms with E-state index in [-0.39, 0.29) is 12.1 Å². The van der Waals surface area contributed by atoms with Gasteiger partial charge in [0.15, 0.2) is 5.11 Å². The third-order valence-electron chi connectivity index (χ3n) is 6.95. The molecule has 0 amide bonds. The normalized spacial score (nSPS) is 21.1. The molecule has 5 heterocycles. The Balaban J connectivity index is 1.47. The highest BCUT2D eigenvalue weighted by Crippen LogP contribution is 2.40. The molecular formula is C26H32N6OS. The Bertz CT molecular complexity index is 1110. The van der Waals surface area contributed by atoms with E-state index < -0.39 is 0 Å². The van der Waals surface area contributed by atoms with Crippen molar-refractivity contribution in [1.29, 1.82) is 0 Å². The third-order valence-corrected chi connectivity index (χ3v) is 7.31. The van der Waals surface area contributed by atoms with Crippen LogP contribution in [0.15, 0.2) is 55.0 Å². The summed E-state index contributed by atoms with van der Waals surface area (Å²) in [6, 6.07) is 12.6. The molecule has 0 radical (unpaired) electrons. The fourth-order valence-corrected chi connectivity index (χ4v) is 5.44. The summed E-state index contributed by atoms with van der Waals surface area (Å²) in [5.41, 5.74) is 6.01.